The second kappa shape index (κ2) is 66.3. The molecule has 19 heteroatoms. The molecule has 0 aromatic rings. The summed E-state index contributed by atoms with van der Waals surface area (Å²) in [7, 11) is -9.91. The summed E-state index contributed by atoms with van der Waals surface area (Å²) in [4.78, 5) is 72.8. The molecule has 0 spiro atoms. The van der Waals surface area contributed by atoms with Crippen molar-refractivity contribution in [2.24, 2.45) is 23.7 Å². The molecular weight excluding hydrogens is 1260 g/mol. The fraction of sp³-hybridized carbons (Fsp3) is 0.948. The second-order valence-electron chi connectivity index (χ2n) is 29.4. The number of aliphatic hydroxyl groups excluding tert-OH is 1. The van der Waals surface area contributed by atoms with Gasteiger partial charge in [-0.15, -0.1) is 0 Å². The van der Waals surface area contributed by atoms with E-state index in [-0.39, 0.29) is 25.7 Å². The monoisotopic (exact) mass is 1410 g/mol. The van der Waals surface area contributed by atoms with Gasteiger partial charge in [0.25, 0.3) is 0 Å². The largest absolute Gasteiger partial charge is 0.472 e. The molecule has 0 aliphatic heterocycles. The Bertz CT molecular complexity index is 1890. The number of esters is 4. The van der Waals surface area contributed by atoms with Crippen LogP contribution in [-0.4, -0.2) is 96.7 Å². The van der Waals surface area contributed by atoms with Gasteiger partial charge in [-0.25, -0.2) is 9.13 Å². The van der Waals surface area contributed by atoms with Gasteiger partial charge in [-0.1, -0.05) is 338 Å². The Hall–Kier alpha value is -1.94. The van der Waals surface area contributed by atoms with E-state index >= 15 is 0 Å². The predicted molar refractivity (Wildman–Crippen MR) is 391 cm³/mol. The first-order valence-corrected chi connectivity index (χ1v) is 42.7. The first-order valence-electron chi connectivity index (χ1n) is 39.7. The first kappa shape index (κ1) is 94.1. The Balaban J connectivity index is 5.18. The van der Waals surface area contributed by atoms with Crippen molar-refractivity contribution in [3.8, 4) is 0 Å². The average molecular weight is 1410 g/mol. The summed E-state index contributed by atoms with van der Waals surface area (Å²) in [5.74, 6) is 0.917. The highest BCUT2D eigenvalue weighted by molar-refractivity contribution is 7.47. The minimum absolute atomic E-state index is 0.106. The molecule has 0 bridgehead atoms. The topological polar surface area (TPSA) is 237 Å². The fourth-order valence-electron chi connectivity index (χ4n) is 11.7. The lowest BCUT2D eigenvalue weighted by Gasteiger charge is -2.21. The van der Waals surface area contributed by atoms with E-state index in [9.17, 15) is 43.2 Å². The van der Waals surface area contributed by atoms with Crippen LogP contribution in [0.1, 0.15) is 389 Å². The van der Waals surface area contributed by atoms with Gasteiger partial charge >= 0.3 is 39.5 Å². The van der Waals surface area contributed by atoms with E-state index < -0.39 is 97.5 Å². The van der Waals surface area contributed by atoms with Gasteiger partial charge in [-0.2, -0.15) is 0 Å². The zero-order valence-corrected chi connectivity index (χ0v) is 64.8. The van der Waals surface area contributed by atoms with Crippen molar-refractivity contribution in [2.45, 2.75) is 408 Å². The number of aliphatic hydroxyl groups is 1. The highest BCUT2D eigenvalue weighted by Crippen LogP contribution is 2.45. The quantitative estimate of drug-likeness (QED) is 0.0222. The Morgan fingerprint density at radius 3 is 0.740 bits per heavy atom. The zero-order chi connectivity index (χ0) is 71.0. The van der Waals surface area contributed by atoms with E-state index in [1.165, 1.54) is 180 Å². The number of unbranched alkanes of at least 4 members (excludes halogenated alkanes) is 39. The van der Waals surface area contributed by atoms with Gasteiger partial charge in [-0.3, -0.25) is 37.3 Å². The van der Waals surface area contributed by atoms with Crippen molar-refractivity contribution in [3.05, 3.63) is 0 Å². The molecule has 0 aromatic carbocycles. The third kappa shape index (κ3) is 69.2. The molecule has 570 valence electrons. The number of hydrogen-bond acceptors (Lipinski definition) is 15. The van der Waals surface area contributed by atoms with Gasteiger partial charge in [0.15, 0.2) is 12.2 Å². The number of carbonyl (C=O) groups excluding carboxylic acids is 4. The van der Waals surface area contributed by atoms with E-state index in [2.05, 4.69) is 55.4 Å². The predicted octanol–water partition coefficient (Wildman–Crippen LogP) is 22.4. The van der Waals surface area contributed by atoms with Crippen LogP contribution < -0.4 is 0 Å². The normalized spacial score (nSPS) is 14.4. The Morgan fingerprint density at radius 1 is 0.292 bits per heavy atom. The molecule has 0 aromatic heterocycles. The second-order valence-corrected chi connectivity index (χ2v) is 32.3. The number of phosphoric ester groups is 2. The lowest BCUT2D eigenvalue weighted by atomic mass is 9.99. The van der Waals surface area contributed by atoms with Crippen LogP contribution in [0.5, 0.6) is 0 Å². The Kier molecular flexibility index (Phi) is 65.0. The summed E-state index contributed by atoms with van der Waals surface area (Å²) in [5, 5.41) is 10.6. The van der Waals surface area contributed by atoms with E-state index in [0.29, 0.717) is 37.5 Å². The molecule has 0 fully saturated rings. The first-order chi connectivity index (χ1) is 46.1. The smallest absolute Gasteiger partial charge is 0.462 e. The van der Waals surface area contributed by atoms with Crippen LogP contribution in [0.2, 0.25) is 0 Å². The lowest BCUT2D eigenvalue weighted by Crippen LogP contribution is -2.30. The van der Waals surface area contributed by atoms with E-state index in [1.54, 1.807) is 0 Å². The summed E-state index contributed by atoms with van der Waals surface area (Å²) in [6.45, 7) is 14.2. The van der Waals surface area contributed by atoms with Crippen molar-refractivity contribution in [3.63, 3.8) is 0 Å². The van der Waals surface area contributed by atoms with E-state index in [1.807, 2.05) is 0 Å². The van der Waals surface area contributed by atoms with Gasteiger partial charge in [0.1, 0.15) is 19.3 Å². The molecule has 17 nitrogen and oxygen atoms in total. The Morgan fingerprint density at radius 2 is 0.500 bits per heavy atom. The number of hydrogen-bond donors (Lipinski definition) is 3. The van der Waals surface area contributed by atoms with Crippen molar-refractivity contribution < 1.29 is 80.2 Å². The molecule has 0 saturated carbocycles. The maximum Gasteiger partial charge on any atom is 0.472 e. The summed E-state index contributed by atoms with van der Waals surface area (Å²) >= 11 is 0. The molecule has 0 heterocycles. The van der Waals surface area contributed by atoms with Crippen molar-refractivity contribution in [2.75, 3.05) is 39.6 Å². The van der Waals surface area contributed by atoms with Gasteiger partial charge < -0.3 is 33.8 Å². The average Bonchev–Trinajstić information content (AvgIpc) is 1.41. The molecule has 0 aliphatic rings. The highest BCUT2D eigenvalue weighted by atomic mass is 31.2. The standard InChI is InChI=1S/C77H150O17P2/c1-9-70(8)56-48-40-31-25-21-17-14-15-19-23-27-33-44-52-60-77(82)94-73(64-88-75(80)58-50-42-36-35-39-47-55-69(6)7)66-92-96(85,86)90-62-71(78)61-89-95(83,84)91-65-72(63-87-74(79)57-49-41-34-28-30-38-46-54-68(4)5)93-76(81)59-51-43-32-26-22-18-13-11-10-12-16-20-24-29-37-45-53-67(2)3/h67-73,78H,9-66H2,1-8H3,(H,83,84)(H,85,86)/t70?,71?,72-,73-/m1/s1. The van der Waals surface area contributed by atoms with Crippen molar-refractivity contribution in [1.29, 1.82) is 0 Å². The third-order valence-electron chi connectivity index (χ3n) is 18.2. The Labute approximate surface area is 588 Å². The maximum atomic E-state index is 13.1. The maximum absolute atomic E-state index is 13.1. The van der Waals surface area contributed by atoms with Crippen molar-refractivity contribution >= 4 is 39.5 Å². The van der Waals surface area contributed by atoms with Crippen LogP contribution in [0.15, 0.2) is 0 Å². The number of ether oxygens (including phenoxy) is 4. The summed E-state index contributed by atoms with van der Waals surface area (Å²) in [5.41, 5.74) is 0. The fourth-order valence-corrected chi connectivity index (χ4v) is 13.3. The zero-order valence-electron chi connectivity index (χ0n) is 63.0. The molecule has 0 radical (unpaired) electrons. The van der Waals surface area contributed by atoms with E-state index in [0.717, 1.165) is 115 Å². The molecule has 0 rings (SSSR count). The van der Waals surface area contributed by atoms with Crippen LogP contribution in [0.25, 0.3) is 0 Å². The lowest BCUT2D eigenvalue weighted by molar-refractivity contribution is -0.161. The molecule has 0 aliphatic carbocycles. The molecule has 0 saturated heterocycles. The SMILES string of the molecule is CCC(C)CCCCCCCCCCCCCCCCC(=O)O[C@H](COC(=O)CCCCCCCCC(C)C)COP(=O)(O)OCC(O)COP(=O)(O)OC[C@@H](COC(=O)CCCCCCCCCC(C)C)OC(=O)CCCCCCCCCCCCCCCCCCC(C)C. The van der Waals surface area contributed by atoms with Crippen LogP contribution in [0.4, 0.5) is 0 Å². The van der Waals surface area contributed by atoms with Crippen LogP contribution in [0, 0.1) is 23.7 Å². The van der Waals surface area contributed by atoms with Crippen LogP contribution in [0.3, 0.4) is 0 Å². The summed E-state index contributed by atoms with van der Waals surface area (Å²) in [6.07, 6.45) is 51.6. The van der Waals surface area contributed by atoms with Gasteiger partial charge in [-0.05, 0) is 49.4 Å². The molecule has 0 amide bonds. The molecule has 96 heavy (non-hydrogen) atoms. The minimum atomic E-state index is -4.96. The molecule has 6 atom stereocenters. The number of phosphoric acid groups is 2. The summed E-state index contributed by atoms with van der Waals surface area (Å²) < 4.78 is 68.5. The molecule has 4 unspecified atom stereocenters. The molecular formula is C77H150O17P2. The van der Waals surface area contributed by atoms with Crippen LogP contribution in [-0.2, 0) is 65.4 Å². The highest BCUT2D eigenvalue weighted by Gasteiger charge is 2.30. The van der Waals surface area contributed by atoms with Gasteiger partial charge in [0.05, 0.1) is 26.4 Å². The molecule has 3 N–H and O–H groups in total. The number of rotatable bonds is 74. The van der Waals surface area contributed by atoms with Gasteiger partial charge in [0.2, 0.25) is 0 Å². The van der Waals surface area contributed by atoms with Crippen molar-refractivity contribution in [1.82, 2.24) is 0 Å². The minimum Gasteiger partial charge on any atom is -0.462 e. The third-order valence-corrected chi connectivity index (χ3v) is 20.1. The van der Waals surface area contributed by atoms with Crippen LogP contribution >= 0.6 is 15.6 Å². The summed E-state index contributed by atoms with van der Waals surface area (Å²) in [6, 6.07) is 0. The number of carbonyl (C=O) groups is 4. The van der Waals surface area contributed by atoms with Gasteiger partial charge in [0, 0.05) is 25.7 Å². The van der Waals surface area contributed by atoms with E-state index in [4.69, 9.17) is 37.0 Å².